The van der Waals surface area contributed by atoms with E-state index in [2.05, 4.69) is 42.0 Å². The lowest BCUT2D eigenvalue weighted by Gasteiger charge is -2.35. The van der Waals surface area contributed by atoms with Crippen molar-refractivity contribution in [1.29, 1.82) is 0 Å². The zero-order valence-corrected chi connectivity index (χ0v) is 17.5. The number of rotatable bonds is 3. The minimum atomic E-state index is -0.223. The Morgan fingerprint density at radius 2 is 1.79 bits per heavy atom. The van der Waals surface area contributed by atoms with Gasteiger partial charge in [0.1, 0.15) is 6.61 Å². The summed E-state index contributed by atoms with van der Waals surface area (Å²) in [6.07, 6.45) is 1.75. The first kappa shape index (κ1) is 19.8. The van der Waals surface area contributed by atoms with E-state index in [9.17, 15) is 4.79 Å². The second kappa shape index (κ2) is 8.87. The zero-order chi connectivity index (χ0) is 20.2. The molecule has 2 aromatic rings. The fraction of sp³-hybridized carbons (Fsp3) is 0.458. The molecule has 5 nitrogen and oxygen atoms in total. The molecule has 1 atom stereocenters. The van der Waals surface area contributed by atoms with Gasteiger partial charge in [-0.25, -0.2) is 4.79 Å². The molecule has 2 aromatic carbocycles. The normalized spacial score (nSPS) is 20.1. The van der Waals surface area contributed by atoms with Gasteiger partial charge in [0.05, 0.1) is 6.04 Å². The number of hydrogen-bond acceptors (Lipinski definition) is 4. The molecule has 0 N–H and O–H groups in total. The average Bonchev–Trinajstić information content (AvgIpc) is 2.92. The van der Waals surface area contributed by atoms with Gasteiger partial charge in [-0.1, -0.05) is 36.4 Å². The fourth-order valence-corrected chi connectivity index (χ4v) is 4.31. The van der Waals surface area contributed by atoms with E-state index >= 15 is 0 Å². The van der Waals surface area contributed by atoms with Gasteiger partial charge in [0.25, 0.3) is 0 Å². The number of carbonyl (C=O) groups is 1. The van der Waals surface area contributed by atoms with Crippen LogP contribution < -0.4 is 4.90 Å². The second-order valence-corrected chi connectivity index (χ2v) is 8.19. The number of benzene rings is 2. The largest absolute Gasteiger partial charge is 0.445 e. The maximum atomic E-state index is 12.9. The highest BCUT2D eigenvalue weighted by atomic mass is 16.6. The molecule has 2 aliphatic rings. The summed E-state index contributed by atoms with van der Waals surface area (Å²) in [4.78, 5) is 19.6. The van der Waals surface area contributed by atoms with Gasteiger partial charge < -0.3 is 19.4 Å². The predicted octanol–water partition coefficient (Wildman–Crippen LogP) is 4.08. The molecule has 1 saturated heterocycles. The average molecular weight is 394 g/mol. The summed E-state index contributed by atoms with van der Waals surface area (Å²) in [6, 6.07) is 16.7. The third-order valence-corrected chi connectivity index (χ3v) is 6.20. The van der Waals surface area contributed by atoms with Crippen LogP contribution in [0, 0.1) is 0 Å². The molecule has 0 bridgehead atoms. The fourth-order valence-electron chi connectivity index (χ4n) is 4.31. The van der Waals surface area contributed by atoms with Crippen LogP contribution in [-0.2, 0) is 17.8 Å². The molecule has 0 spiro atoms. The molecule has 1 fully saturated rings. The van der Waals surface area contributed by atoms with Gasteiger partial charge in [-0.05, 0) is 55.6 Å². The highest BCUT2D eigenvalue weighted by Crippen LogP contribution is 2.32. The van der Waals surface area contributed by atoms with Crippen molar-refractivity contribution in [2.75, 3.05) is 44.7 Å². The smallest absolute Gasteiger partial charge is 0.410 e. The van der Waals surface area contributed by atoms with Crippen LogP contribution in [0.3, 0.4) is 0 Å². The van der Waals surface area contributed by atoms with Gasteiger partial charge in [0, 0.05) is 38.4 Å². The molecule has 5 heteroatoms. The van der Waals surface area contributed by atoms with Crippen LogP contribution in [0.2, 0.25) is 0 Å². The Kier molecular flexibility index (Phi) is 6.05. The third kappa shape index (κ3) is 4.56. The zero-order valence-electron chi connectivity index (χ0n) is 17.5. The Balaban J connectivity index is 1.48. The lowest BCUT2D eigenvalue weighted by molar-refractivity contribution is 0.0838. The molecule has 0 radical (unpaired) electrons. The maximum Gasteiger partial charge on any atom is 0.410 e. The summed E-state index contributed by atoms with van der Waals surface area (Å²) in [7, 11) is 2.18. The Morgan fingerprint density at radius 3 is 2.55 bits per heavy atom. The summed E-state index contributed by atoms with van der Waals surface area (Å²) < 4.78 is 5.64. The van der Waals surface area contributed by atoms with Gasteiger partial charge >= 0.3 is 6.09 Å². The Bertz CT molecular complexity index is 831. The quantitative estimate of drug-likeness (QED) is 0.787. The SMILES string of the molecule is C[C@H]1c2cc(N3CCN(C)CC3)ccc2CCCN1C(=O)OCc1ccccc1. The molecule has 0 aliphatic carbocycles. The highest BCUT2D eigenvalue weighted by Gasteiger charge is 2.28. The monoisotopic (exact) mass is 393 g/mol. The van der Waals surface area contributed by atoms with Crippen molar-refractivity contribution in [1.82, 2.24) is 9.80 Å². The lowest BCUT2D eigenvalue weighted by atomic mass is 9.98. The summed E-state index contributed by atoms with van der Waals surface area (Å²) in [5.74, 6) is 0. The first-order chi connectivity index (χ1) is 14.1. The van der Waals surface area contributed by atoms with Crippen molar-refractivity contribution in [3.8, 4) is 0 Å². The van der Waals surface area contributed by atoms with Gasteiger partial charge in [0.15, 0.2) is 0 Å². The minimum absolute atomic E-state index is 0.0168. The van der Waals surface area contributed by atoms with Gasteiger partial charge in [-0.15, -0.1) is 0 Å². The maximum absolute atomic E-state index is 12.9. The summed E-state index contributed by atoms with van der Waals surface area (Å²) >= 11 is 0. The molecule has 4 rings (SSSR count). The van der Waals surface area contributed by atoms with Gasteiger partial charge in [-0.2, -0.15) is 0 Å². The number of fused-ring (bicyclic) bond motifs is 1. The number of likely N-dealkylation sites (N-methyl/N-ethyl adjacent to an activating group) is 1. The molecule has 154 valence electrons. The molecule has 0 unspecified atom stereocenters. The summed E-state index contributed by atoms with van der Waals surface area (Å²) in [5, 5.41) is 0. The van der Waals surface area contributed by atoms with Crippen molar-refractivity contribution >= 4 is 11.8 Å². The number of anilines is 1. The molecular weight excluding hydrogens is 362 g/mol. The molecule has 0 saturated carbocycles. The topological polar surface area (TPSA) is 36.0 Å². The van der Waals surface area contributed by atoms with Crippen LogP contribution >= 0.6 is 0 Å². The van der Waals surface area contributed by atoms with E-state index in [-0.39, 0.29) is 12.1 Å². The molecule has 1 amide bonds. The number of carbonyl (C=O) groups excluding carboxylic acids is 1. The minimum Gasteiger partial charge on any atom is -0.445 e. The van der Waals surface area contributed by atoms with Crippen LogP contribution in [0.4, 0.5) is 10.5 Å². The summed E-state index contributed by atoms with van der Waals surface area (Å²) in [5.41, 5.74) is 4.90. The van der Waals surface area contributed by atoms with Crippen molar-refractivity contribution < 1.29 is 9.53 Å². The van der Waals surface area contributed by atoms with E-state index in [1.54, 1.807) is 0 Å². The molecule has 2 heterocycles. The van der Waals surface area contributed by atoms with Crippen LogP contribution in [0.25, 0.3) is 0 Å². The molecule has 29 heavy (non-hydrogen) atoms. The number of aryl methyl sites for hydroxylation is 1. The van der Waals surface area contributed by atoms with E-state index in [4.69, 9.17) is 4.74 Å². The number of amides is 1. The van der Waals surface area contributed by atoms with Crippen LogP contribution in [0.15, 0.2) is 48.5 Å². The van der Waals surface area contributed by atoms with Crippen molar-refractivity contribution in [3.63, 3.8) is 0 Å². The van der Waals surface area contributed by atoms with Crippen LogP contribution in [0.5, 0.6) is 0 Å². The van der Waals surface area contributed by atoms with Crippen molar-refractivity contribution in [2.24, 2.45) is 0 Å². The summed E-state index contributed by atoms with van der Waals surface area (Å²) in [6.45, 7) is 7.44. The van der Waals surface area contributed by atoms with E-state index in [1.165, 1.54) is 16.8 Å². The second-order valence-electron chi connectivity index (χ2n) is 8.19. The number of hydrogen-bond donors (Lipinski definition) is 0. The first-order valence-corrected chi connectivity index (χ1v) is 10.7. The number of piperazine rings is 1. The van der Waals surface area contributed by atoms with Gasteiger partial charge in [-0.3, -0.25) is 0 Å². The van der Waals surface area contributed by atoms with E-state index in [0.29, 0.717) is 6.61 Å². The standard InChI is InChI=1S/C24H31N3O2/c1-19-23-17-22(26-15-13-25(2)14-16-26)11-10-21(23)9-6-12-27(19)24(28)29-18-20-7-4-3-5-8-20/h3-5,7-8,10-11,17,19H,6,9,12-16,18H2,1-2H3/t19-/m0/s1. The first-order valence-electron chi connectivity index (χ1n) is 10.7. The van der Waals surface area contributed by atoms with Gasteiger partial charge in [0.2, 0.25) is 0 Å². The predicted molar refractivity (Wildman–Crippen MR) is 116 cm³/mol. The van der Waals surface area contributed by atoms with Crippen LogP contribution in [0.1, 0.15) is 36.1 Å². The van der Waals surface area contributed by atoms with Crippen LogP contribution in [-0.4, -0.2) is 55.7 Å². The highest BCUT2D eigenvalue weighted by molar-refractivity contribution is 5.69. The third-order valence-electron chi connectivity index (χ3n) is 6.20. The molecule has 0 aromatic heterocycles. The molecular formula is C24H31N3O2. The molecule has 2 aliphatic heterocycles. The van der Waals surface area contributed by atoms with Crippen molar-refractivity contribution in [2.45, 2.75) is 32.4 Å². The van der Waals surface area contributed by atoms with E-state index in [0.717, 1.165) is 51.1 Å². The Hall–Kier alpha value is -2.53. The van der Waals surface area contributed by atoms with E-state index in [1.807, 2.05) is 35.2 Å². The van der Waals surface area contributed by atoms with Crippen molar-refractivity contribution in [3.05, 3.63) is 65.2 Å². The number of nitrogens with zero attached hydrogens (tertiary/aromatic N) is 3. The lowest BCUT2D eigenvalue weighted by Crippen LogP contribution is -2.44. The van der Waals surface area contributed by atoms with E-state index < -0.39 is 0 Å². The Morgan fingerprint density at radius 1 is 1.03 bits per heavy atom. The number of ether oxygens (including phenoxy) is 1. The Labute approximate surface area is 173 Å².